The van der Waals surface area contributed by atoms with Gasteiger partial charge in [0.1, 0.15) is 10.3 Å². The molecule has 5 nitrogen and oxygen atoms in total. The fraction of sp³-hybridized carbons (Fsp3) is 0.312. The molecule has 28 heavy (non-hydrogen) atoms. The van der Waals surface area contributed by atoms with Gasteiger partial charge in [-0.1, -0.05) is 39.7 Å². The Morgan fingerprint density at radius 3 is 2.29 bits per heavy atom. The Labute approximate surface area is 177 Å². The molecular formula is C16H15BrClF3N2O3S2. The van der Waals surface area contributed by atoms with Gasteiger partial charge >= 0.3 is 6.18 Å². The van der Waals surface area contributed by atoms with E-state index in [1.807, 2.05) is 0 Å². The number of rotatable bonds is 8. The van der Waals surface area contributed by atoms with E-state index in [1.54, 1.807) is 24.3 Å². The van der Waals surface area contributed by atoms with Gasteiger partial charge in [0.15, 0.2) is 0 Å². The van der Waals surface area contributed by atoms with Gasteiger partial charge in [0.25, 0.3) is 10.0 Å². The van der Waals surface area contributed by atoms with Crippen molar-refractivity contribution in [1.82, 2.24) is 4.31 Å². The van der Waals surface area contributed by atoms with Crippen LogP contribution in [0.15, 0.2) is 45.1 Å². The molecule has 0 aliphatic heterocycles. The Morgan fingerprint density at radius 2 is 1.82 bits per heavy atom. The Balaban J connectivity index is 2.46. The number of carbonyl (C=O) groups is 1. The number of nitrogens with zero attached hydrogens (tertiary/aromatic N) is 1. The number of sulfonamides is 1. The molecule has 2 rings (SSSR count). The van der Waals surface area contributed by atoms with Crippen LogP contribution in [-0.4, -0.2) is 30.8 Å². The van der Waals surface area contributed by atoms with E-state index in [9.17, 15) is 26.4 Å². The van der Waals surface area contributed by atoms with Gasteiger partial charge < -0.3 is 5.73 Å². The highest BCUT2D eigenvalue weighted by atomic mass is 79.9. The lowest BCUT2D eigenvalue weighted by Crippen LogP contribution is -2.47. The molecule has 1 atom stereocenters. The van der Waals surface area contributed by atoms with E-state index in [-0.39, 0.29) is 15.1 Å². The maximum absolute atomic E-state index is 13.1. The predicted molar refractivity (Wildman–Crippen MR) is 104 cm³/mol. The summed E-state index contributed by atoms with van der Waals surface area (Å²) in [6, 6.07) is 7.40. The van der Waals surface area contributed by atoms with Crippen LogP contribution in [0.3, 0.4) is 0 Å². The van der Waals surface area contributed by atoms with Crippen molar-refractivity contribution >= 4 is 54.8 Å². The highest BCUT2D eigenvalue weighted by molar-refractivity contribution is 9.10. The summed E-state index contributed by atoms with van der Waals surface area (Å²) in [6.07, 6.45) is -6.70. The zero-order chi connectivity index (χ0) is 21.1. The molecule has 0 fully saturated rings. The Morgan fingerprint density at radius 1 is 1.21 bits per heavy atom. The highest BCUT2D eigenvalue weighted by Gasteiger charge is 2.38. The third kappa shape index (κ3) is 6.18. The van der Waals surface area contributed by atoms with Crippen molar-refractivity contribution in [3.8, 4) is 0 Å². The SMILES string of the molecule is NC(=O)C(CCC(F)(F)F)N(Cc1ccc(Br)cc1)S(=O)(=O)c1ccc(Cl)s1. The van der Waals surface area contributed by atoms with Crippen LogP contribution in [0, 0.1) is 0 Å². The van der Waals surface area contributed by atoms with Gasteiger partial charge in [-0.2, -0.15) is 17.5 Å². The van der Waals surface area contributed by atoms with Gasteiger partial charge in [-0.3, -0.25) is 4.79 Å². The van der Waals surface area contributed by atoms with E-state index in [4.69, 9.17) is 17.3 Å². The van der Waals surface area contributed by atoms with E-state index < -0.39 is 41.0 Å². The number of primary amides is 1. The third-order valence-electron chi connectivity index (χ3n) is 3.74. The largest absolute Gasteiger partial charge is 0.389 e. The highest BCUT2D eigenvalue weighted by Crippen LogP contribution is 2.32. The first-order chi connectivity index (χ1) is 12.9. The van der Waals surface area contributed by atoms with Crippen LogP contribution >= 0.6 is 38.9 Å². The first-order valence-corrected chi connectivity index (χ1v) is 11.2. The summed E-state index contributed by atoms with van der Waals surface area (Å²) >= 11 is 9.79. The molecule has 0 saturated carbocycles. The van der Waals surface area contributed by atoms with Crippen molar-refractivity contribution in [2.24, 2.45) is 5.73 Å². The van der Waals surface area contributed by atoms with Gasteiger partial charge in [0, 0.05) is 17.4 Å². The van der Waals surface area contributed by atoms with E-state index in [1.165, 1.54) is 12.1 Å². The minimum absolute atomic E-state index is 0.187. The molecule has 2 N–H and O–H groups in total. The molecule has 1 aromatic heterocycles. The van der Waals surface area contributed by atoms with Crippen LogP contribution < -0.4 is 5.73 Å². The maximum atomic E-state index is 13.1. The zero-order valence-electron chi connectivity index (χ0n) is 14.1. The molecule has 0 saturated heterocycles. The summed E-state index contributed by atoms with van der Waals surface area (Å²) in [5, 5.41) is 0. The first kappa shape index (κ1) is 23.1. The maximum Gasteiger partial charge on any atom is 0.389 e. The zero-order valence-corrected chi connectivity index (χ0v) is 18.1. The van der Waals surface area contributed by atoms with Crippen LogP contribution in [-0.2, 0) is 21.4 Å². The predicted octanol–water partition coefficient (Wildman–Crippen LogP) is 4.55. The summed E-state index contributed by atoms with van der Waals surface area (Å²) < 4.78 is 65.7. The van der Waals surface area contributed by atoms with Crippen molar-refractivity contribution in [3.05, 3.63) is 50.8 Å². The second-order valence-corrected chi connectivity index (χ2v) is 10.6. The summed E-state index contributed by atoms with van der Waals surface area (Å²) in [5.41, 5.74) is 5.76. The standard InChI is InChI=1S/C16H15BrClF3N2O3S2/c17-11-3-1-10(2-4-11)9-23(12(15(22)24)7-8-16(19,20)21)28(25,26)14-6-5-13(18)27-14/h1-6,12H,7-9H2,(H2,22,24). The van der Waals surface area contributed by atoms with E-state index in [0.717, 1.165) is 15.8 Å². The number of hydrogen-bond acceptors (Lipinski definition) is 4. The van der Waals surface area contributed by atoms with Crippen LogP contribution in [0.5, 0.6) is 0 Å². The van der Waals surface area contributed by atoms with E-state index in [0.29, 0.717) is 9.87 Å². The van der Waals surface area contributed by atoms with Crippen molar-refractivity contribution in [2.75, 3.05) is 0 Å². The number of nitrogens with two attached hydrogens (primary N) is 1. The lowest BCUT2D eigenvalue weighted by molar-refractivity contribution is -0.140. The molecule has 0 aliphatic carbocycles. The number of carbonyl (C=O) groups excluding carboxylic acids is 1. The van der Waals surface area contributed by atoms with Crippen LogP contribution in [0.2, 0.25) is 4.34 Å². The van der Waals surface area contributed by atoms with Gasteiger partial charge in [-0.15, -0.1) is 11.3 Å². The number of halogens is 5. The summed E-state index contributed by atoms with van der Waals surface area (Å²) in [4.78, 5) is 11.9. The number of amides is 1. The molecule has 2 aromatic rings. The summed E-state index contributed by atoms with van der Waals surface area (Å²) in [6.45, 7) is -0.323. The molecule has 1 heterocycles. The molecule has 0 aliphatic rings. The molecule has 1 amide bonds. The lowest BCUT2D eigenvalue weighted by Gasteiger charge is -2.28. The fourth-order valence-corrected chi connectivity index (χ4v) is 5.90. The van der Waals surface area contributed by atoms with Gasteiger partial charge in [-0.05, 0) is 36.2 Å². The normalized spacial score (nSPS) is 13.6. The minimum Gasteiger partial charge on any atom is -0.368 e. The molecular weight excluding hydrogens is 505 g/mol. The second-order valence-electron chi connectivity index (χ2n) is 5.81. The third-order valence-corrected chi connectivity index (χ3v) is 7.82. The molecule has 0 radical (unpaired) electrons. The second kappa shape index (κ2) is 9.12. The first-order valence-electron chi connectivity index (χ1n) is 7.78. The van der Waals surface area contributed by atoms with Crippen molar-refractivity contribution in [3.63, 3.8) is 0 Å². The average Bonchev–Trinajstić information content (AvgIpc) is 3.01. The van der Waals surface area contributed by atoms with Gasteiger partial charge in [-0.25, -0.2) is 8.42 Å². The van der Waals surface area contributed by atoms with Gasteiger partial charge in [0.2, 0.25) is 5.91 Å². The monoisotopic (exact) mass is 518 g/mol. The number of thiophene rings is 1. The minimum atomic E-state index is -4.56. The van der Waals surface area contributed by atoms with Crippen LogP contribution in [0.1, 0.15) is 18.4 Å². The van der Waals surface area contributed by atoms with Crippen molar-refractivity contribution < 1.29 is 26.4 Å². The van der Waals surface area contributed by atoms with Crippen LogP contribution in [0.4, 0.5) is 13.2 Å². The van der Waals surface area contributed by atoms with Crippen molar-refractivity contribution in [2.45, 2.75) is 35.8 Å². The summed E-state index contributed by atoms with van der Waals surface area (Å²) in [5.74, 6) is -1.16. The lowest BCUT2D eigenvalue weighted by atomic mass is 10.1. The van der Waals surface area contributed by atoms with Crippen LogP contribution in [0.25, 0.3) is 0 Å². The fourth-order valence-electron chi connectivity index (χ4n) is 2.41. The van der Waals surface area contributed by atoms with E-state index >= 15 is 0 Å². The molecule has 154 valence electrons. The Kier molecular flexibility index (Phi) is 7.54. The van der Waals surface area contributed by atoms with Crippen molar-refractivity contribution in [1.29, 1.82) is 0 Å². The number of hydrogen-bond donors (Lipinski definition) is 1. The van der Waals surface area contributed by atoms with E-state index in [2.05, 4.69) is 15.9 Å². The Bertz CT molecular complexity index is 933. The number of benzene rings is 1. The molecule has 1 unspecified atom stereocenters. The topological polar surface area (TPSA) is 80.5 Å². The Hall–Kier alpha value is -1.14. The average molecular weight is 520 g/mol. The molecule has 12 heteroatoms. The number of alkyl halides is 3. The molecule has 0 bridgehead atoms. The summed E-state index contributed by atoms with van der Waals surface area (Å²) in [7, 11) is -4.31. The van der Waals surface area contributed by atoms with Gasteiger partial charge in [0.05, 0.1) is 4.34 Å². The smallest absolute Gasteiger partial charge is 0.368 e. The molecule has 1 aromatic carbocycles. The molecule has 0 spiro atoms. The quantitative estimate of drug-likeness (QED) is 0.556.